The van der Waals surface area contributed by atoms with Gasteiger partial charge >= 0.3 is 0 Å². The third-order valence-electron chi connectivity index (χ3n) is 11.6. The van der Waals surface area contributed by atoms with Crippen LogP contribution in [-0.4, -0.2) is 4.98 Å². The predicted molar refractivity (Wildman–Crippen MR) is 248 cm³/mol. The minimum absolute atomic E-state index is 0.953. The maximum Gasteiger partial charge on any atom is 0.0716 e. The topological polar surface area (TPSA) is 12.9 Å². The third-order valence-corrected chi connectivity index (χ3v) is 11.6. The smallest absolute Gasteiger partial charge is 0.0716 e. The van der Waals surface area contributed by atoms with Gasteiger partial charge in [0.2, 0.25) is 0 Å². The molecule has 0 radical (unpaired) electrons. The zero-order valence-corrected chi connectivity index (χ0v) is 32.8. The maximum atomic E-state index is 5.31. The number of pyridine rings is 1. The standard InChI is InChI=1S/C57H41N/c1-4-6-14-38(5-2)41-18-10-19-42(30-41)44-21-12-23-47(32-44)55-36-52(39-15-8-7-9-16-39)53-35-46(27-28-54(53)58-55)43-20-11-22-45(31-43)49-33-48-26-25-40-17-13-24-51-37(3)29-50(34-49)56(48)57(40)51/h5,7-12,14-23,25-36H,2,4,6H2,1,3H3/b38-14+. The Morgan fingerprint density at radius 2 is 1.26 bits per heavy atom. The summed E-state index contributed by atoms with van der Waals surface area (Å²) in [5.41, 5.74) is 16.0. The average Bonchev–Trinajstić information content (AvgIpc) is 3.28. The number of aryl methyl sites for hydroxylation is 1. The van der Waals surface area contributed by atoms with Crippen LogP contribution >= 0.6 is 0 Å². The van der Waals surface area contributed by atoms with Crippen LogP contribution < -0.4 is 0 Å². The lowest BCUT2D eigenvalue weighted by atomic mass is 9.89. The van der Waals surface area contributed by atoms with Gasteiger partial charge in [-0.15, -0.1) is 0 Å². The van der Waals surface area contributed by atoms with E-state index in [9.17, 15) is 0 Å². The highest BCUT2D eigenvalue weighted by atomic mass is 14.7. The van der Waals surface area contributed by atoms with Gasteiger partial charge in [0.1, 0.15) is 0 Å². The van der Waals surface area contributed by atoms with Gasteiger partial charge in [-0.3, -0.25) is 0 Å². The largest absolute Gasteiger partial charge is 0.248 e. The Morgan fingerprint density at radius 1 is 0.586 bits per heavy atom. The number of fused-ring (bicyclic) bond motifs is 1. The number of nitrogens with zero attached hydrogens (tertiary/aromatic N) is 1. The summed E-state index contributed by atoms with van der Waals surface area (Å²) in [5.74, 6) is 0. The summed E-state index contributed by atoms with van der Waals surface area (Å²) in [5, 5.41) is 8.59. The van der Waals surface area contributed by atoms with Crippen LogP contribution in [0.2, 0.25) is 0 Å². The van der Waals surface area contributed by atoms with Gasteiger partial charge in [-0.05, 0) is 151 Å². The van der Waals surface area contributed by atoms with Crippen molar-refractivity contribution in [1.82, 2.24) is 4.98 Å². The summed E-state index contributed by atoms with van der Waals surface area (Å²) in [6.07, 6.45) is 6.39. The van der Waals surface area contributed by atoms with E-state index in [1.165, 1.54) is 77.0 Å². The van der Waals surface area contributed by atoms with Gasteiger partial charge in [0.05, 0.1) is 11.2 Å². The first-order valence-electron chi connectivity index (χ1n) is 20.2. The van der Waals surface area contributed by atoms with Crippen molar-refractivity contribution in [3.63, 3.8) is 0 Å². The van der Waals surface area contributed by atoms with Crippen molar-refractivity contribution < 1.29 is 0 Å². The summed E-state index contributed by atoms with van der Waals surface area (Å²) in [6.45, 7) is 8.47. The third kappa shape index (κ3) is 6.30. The van der Waals surface area contributed by atoms with Crippen molar-refractivity contribution in [2.45, 2.75) is 26.7 Å². The monoisotopic (exact) mass is 739 g/mol. The number of unbranched alkanes of at least 4 members (excludes halogenated alkanes) is 1. The molecule has 1 nitrogen and oxygen atoms in total. The van der Waals surface area contributed by atoms with E-state index in [1.807, 2.05) is 12.1 Å². The second-order valence-electron chi connectivity index (χ2n) is 15.4. The van der Waals surface area contributed by atoms with E-state index in [4.69, 9.17) is 4.98 Å². The number of hydrogen-bond acceptors (Lipinski definition) is 1. The Morgan fingerprint density at radius 3 is 2.05 bits per heavy atom. The van der Waals surface area contributed by atoms with Crippen molar-refractivity contribution >= 4 is 48.8 Å². The lowest BCUT2D eigenvalue weighted by Crippen LogP contribution is -1.92. The molecule has 0 saturated carbocycles. The van der Waals surface area contributed by atoms with Crippen LogP contribution in [0.15, 0.2) is 183 Å². The molecular formula is C57H41N. The van der Waals surface area contributed by atoms with E-state index in [2.05, 4.69) is 196 Å². The molecule has 0 amide bonds. The van der Waals surface area contributed by atoms with Crippen LogP contribution in [-0.2, 0) is 0 Å². The van der Waals surface area contributed by atoms with Crippen LogP contribution in [0, 0.1) is 19.1 Å². The zero-order chi connectivity index (χ0) is 39.2. The SMILES string of the molecule is C=C/C(=C\CCC)c1cccc(-c2cccc(-c3cc(-c4ccccc4)c4cc(-c5cccc(-c6cc7ccc8cc#cc9c(C)cc(c6)c7c89)c5)ccc4n3)c2)c1. The van der Waals surface area contributed by atoms with Gasteiger partial charge in [0.15, 0.2) is 0 Å². The quantitative estimate of drug-likeness (QED) is 0.134. The molecule has 0 bridgehead atoms. The van der Waals surface area contributed by atoms with E-state index in [0.717, 1.165) is 51.5 Å². The van der Waals surface area contributed by atoms with E-state index in [-0.39, 0.29) is 0 Å². The predicted octanol–water partition coefficient (Wildman–Crippen LogP) is 15.7. The molecule has 0 unspecified atom stereocenters. The summed E-state index contributed by atoms with van der Waals surface area (Å²) < 4.78 is 0. The summed E-state index contributed by atoms with van der Waals surface area (Å²) >= 11 is 0. The number of aromatic nitrogens is 1. The minimum atomic E-state index is 0.953. The van der Waals surface area contributed by atoms with Crippen molar-refractivity contribution in [2.75, 3.05) is 0 Å². The Bertz CT molecular complexity index is 3200. The first kappa shape index (κ1) is 35.2. The highest BCUT2D eigenvalue weighted by Crippen LogP contribution is 2.40. The fraction of sp³-hybridized carbons (Fsp3) is 0.0702. The minimum Gasteiger partial charge on any atom is -0.248 e. The van der Waals surface area contributed by atoms with E-state index < -0.39 is 0 Å². The highest BCUT2D eigenvalue weighted by Gasteiger charge is 2.15. The first-order valence-corrected chi connectivity index (χ1v) is 20.2. The second kappa shape index (κ2) is 14.7. The molecule has 0 spiro atoms. The molecule has 0 atom stereocenters. The van der Waals surface area contributed by atoms with E-state index in [1.54, 1.807) is 0 Å². The Balaban J connectivity index is 1.05. The van der Waals surface area contributed by atoms with E-state index in [0.29, 0.717) is 0 Å². The van der Waals surface area contributed by atoms with Gasteiger partial charge in [0, 0.05) is 21.7 Å². The fourth-order valence-corrected chi connectivity index (χ4v) is 8.68. The number of allylic oxidation sites excluding steroid dienone is 3. The van der Waals surface area contributed by atoms with Crippen molar-refractivity contribution in [3.05, 3.63) is 206 Å². The van der Waals surface area contributed by atoms with Crippen molar-refractivity contribution in [1.29, 1.82) is 0 Å². The van der Waals surface area contributed by atoms with E-state index >= 15 is 0 Å². The molecular weight excluding hydrogens is 699 g/mol. The van der Waals surface area contributed by atoms with Crippen LogP contribution in [0.5, 0.6) is 0 Å². The molecule has 1 heteroatoms. The molecule has 0 saturated heterocycles. The maximum absolute atomic E-state index is 5.31. The van der Waals surface area contributed by atoms with Gasteiger partial charge in [-0.2, -0.15) is 0 Å². The van der Waals surface area contributed by atoms with Crippen LogP contribution in [0.3, 0.4) is 0 Å². The molecule has 58 heavy (non-hydrogen) atoms. The van der Waals surface area contributed by atoms with Crippen molar-refractivity contribution in [2.24, 2.45) is 0 Å². The molecule has 9 aromatic carbocycles. The van der Waals surface area contributed by atoms with Gasteiger partial charge < -0.3 is 0 Å². The fourth-order valence-electron chi connectivity index (χ4n) is 8.68. The number of rotatable bonds is 9. The molecule has 10 rings (SSSR count). The normalized spacial score (nSPS) is 11.8. The number of hydrogen-bond donors (Lipinski definition) is 0. The zero-order valence-electron chi connectivity index (χ0n) is 32.8. The van der Waals surface area contributed by atoms with Crippen LogP contribution in [0.25, 0.3) is 105 Å². The molecule has 274 valence electrons. The lowest BCUT2D eigenvalue weighted by Gasteiger charge is -2.15. The molecule has 10 aromatic rings. The molecule has 0 aliphatic carbocycles. The lowest BCUT2D eigenvalue weighted by molar-refractivity contribution is 0.960. The van der Waals surface area contributed by atoms with Crippen LogP contribution in [0.4, 0.5) is 0 Å². The van der Waals surface area contributed by atoms with Gasteiger partial charge in [0.25, 0.3) is 0 Å². The second-order valence-corrected chi connectivity index (χ2v) is 15.4. The summed E-state index contributed by atoms with van der Waals surface area (Å²) in [7, 11) is 0. The molecule has 1 heterocycles. The molecule has 0 aliphatic rings. The van der Waals surface area contributed by atoms with Crippen LogP contribution in [0.1, 0.15) is 30.9 Å². The molecule has 1 aromatic heterocycles. The Hall–Kier alpha value is -7.27. The molecule has 0 N–H and O–H groups in total. The molecule has 0 fully saturated rings. The Kier molecular flexibility index (Phi) is 8.89. The number of benzene rings is 8. The average molecular weight is 740 g/mol. The van der Waals surface area contributed by atoms with Gasteiger partial charge in [-0.25, -0.2) is 4.98 Å². The summed E-state index contributed by atoms with van der Waals surface area (Å²) in [4.78, 5) is 5.31. The Labute approximate surface area is 340 Å². The highest BCUT2D eigenvalue weighted by molar-refractivity contribution is 6.24. The van der Waals surface area contributed by atoms with Gasteiger partial charge in [-0.1, -0.05) is 153 Å². The first-order chi connectivity index (χ1) is 28.5. The molecule has 0 aliphatic heterocycles. The summed E-state index contributed by atoms with van der Waals surface area (Å²) in [6, 6.07) is 66.2. The van der Waals surface area contributed by atoms with Crippen molar-refractivity contribution in [3.8, 4) is 55.8 Å².